The van der Waals surface area contributed by atoms with Gasteiger partial charge in [-0.25, -0.2) is 13.5 Å². The highest BCUT2D eigenvalue weighted by atomic mass is 35.5. The third-order valence-electron chi connectivity index (χ3n) is 15.7. The van der Waals surface area contributed by atoms with Crippen LogP contribution in [0.5, 0.6) is 17.2 Å². The third-order valence-corrected chi connectivity index (χ3v) is 16.7. The summed E-state index contributed by atoms with van der Waals surface area (Å²) in [7, 11) is 0. The van der Waals surface area contributed by atoms with Gasteiger partial charge in [-0.15, -0.1) is 40.8 Å². The third kappa shape index (κ3) is 14.6. The molecule has 8 heterocycles. The van der Waals surface area contributed by atoms with Gasteiger partial charge in [0.25, 0.3) is 0 Å². The topological polar surface area (TPSA) is 307 Å². The van der Waals surface area contributed by atoms with Crippen LogP contribution in [0, 0.1) is 48.5 Å². The molecule has 0 bridgehead atoms. The molecule has 6 N–H and O–H groups in total. The molecular weight excluding hydrogens is 1300 g/mol. The van der Waals surface area contributed by atoms with Crippen LogP contribution < -0.4 is 19.9 Å². The van der Waals surface area contributed by atoms with Crippen molar-refractivity contribution in [2.24, 2.45) is 0 Å². The minimum absolute atomic E-state index is 0. The van der Waals surface area contributed by atoms with Gasteiger partial charge >= 0.3 is 0 Å². The quantitative estimate of drug-likeness (QED) is 0.0632. The van der Waals surface area contributed by atoms with Crippen molar-refractivity contribution in [2.75, 3.05) is 12.3 Å². The lowest BCUT2D eigenvalue weighted by Gasteiger charge is -2.13. The zero-order chi connectivity index (χ0) is 69.1. The van der Waals surface area contributed by atoms with Crippen LogP contribution in [0.25, 0.3) is 90.1 Å². The van der Waals surface area contributed by atoms with Crippen molar-refractivity contribution in [3.8, 4) is 61.8 Å². The number of nitrogens with zero attached hydrogens (tertiary/aromatic N) is 16. The summed E-state index contributed by atoms with van der Waals surface area (Å²) in [5, 5.41) is 90.7. The summed E-state index contributed by atoms with van der Waals surface area (Å²) in [6.45, 7) is 33.4. The number of anilines is 1. The van der Waals surface area contributed by atoms with Gasteiger partial charge in [-0.3, -0.25) is 0 Å². The number of aryl methyl sites for hydroxylation is 7. The summed E-state index contributed by atoms with van der Waals surface area (Å²) >= 11 is 18.2. The zero-order valence-electron chi connectivity index (χ0n) is 54.5. The van der Waals surface area contributed by atoms with Crippen LogP contribution in [0.15, 0.2) is 111 Å². The second-order valence-corrected chi connectivity index (χ2v) is 24.1. The van der Waals surface area contributed by atoms with Crippen LogP contribution in [0.3, 0.4) is 0 Å². The molecule has 1 fully saturated rings. The summed E-state index contributed by atoms with van der Waals surface area (Å²) in [5.74, 6) is 1.86. The molecule has 502 valence electrons. The number of rotatable bonds is 14. The minimum Gasteiger partial charge on any atom is -0.506 e. The van der Waals surface area contributed by atoms with Crippen molar-refractivity contribution >= 4 is 86.2 Å². The van der Waals surface area contributed by atoms with E-state index in [9.17, 15) is 20.4 Å². The first-order valence-electron chi connectivity index (χ1n) is 30.4. The van der Waals surface area contributed by atoms with E-state index in [2.05, 4.69) is 87.5 Å². The Labute approximate surface area is 574 Å². The molecular formula is C70H74Cl3N17O7. The van der Waals surface area contributed by atoms with Gasteiger partial charge < -0.3 is 40.4 Å². The Morgan fingerprint density at radius 3 is 1.23 bits per heavy atom. The molecule has 1 aliphatic rings. The molecule has 0 atom stereocenters. The van der Waals surface area contributed by atoms with Crippen molar-refractivity contribution in [1.29, 1.82) is 0 Å². The van der Waals surface area contributed by atoms with Crippen LogP contribution in [0.1, 0.15) is 117 Å². The monoisotopic (exact) mass is 1370 g/mol. The summed E-state index contributed by atoms with van der Waals surface area (Å²) in [6.07, 6.45) is 5.27. The highest BCUT2D eigenvalue weighted by Crippen LogP contribution is 2.38. The van der Waals surface area contributed by atoms with Crippen LogP contribution in [0.4, 0.5) is 5.82 Å². The molecule has 97 heavy (non-hydrogen) atoms. The second kappa shape index (κ2) is 29.5. The Bertz CT molecular complexity index is 5000. The lowest BCUT2D eigenvalue weighted by atomic mass is 10.1. The molecule has 0 unspecified atom stereocenters. The van der Waals surface area contributed by atoms with Gasteiger partial charge in [0.2, 0.25) is 0 Å². The maximum atomic E-state index is 9.65. The van der Waals surface area contributed by atoms with E-state index in [0.29, 0.717) is 96.0 Å². The average Bonchev–Trinajstić information content (AvgIpc) is 1.66. The first-order valence-corrected chi connectivity index (χ1v) is 31.5. The van der Waals surface area contributed by atoms with Gasteiger partial charge in [0.15, 0.2) is 34.1 Å². The molecule has 0 aliphatic heterocycles. The second-order valence-electron chi connectivity index (χ2n) is 22.9. The summed E-state index contributed by atoms with van der Waals surface area (Å²) in [6, 6.07) is 26.7. The lowest BCUT2D eigenvalue weighted by molar-refractivity contribution is 0.210. The van der Waals surface area contributed by atoms with Crippen molar-refractivity contribution in [3.05, 3.63) is 189 Å². The summed E-state index contributed by atoms with van der Waals surface area (Å²) in [4.78, 5) is 0. The molecule has 0 spiro atoms. The molecule has 0 radical (unpaired) electrons. The molecule has 1 saturated carbocycles. The number of nitrogens with two attached hydrogens (primary N) is 1. The molecule has 24 nitrogen and oxygen atoms in total. The van der Waals surface area contributed by atoms with Crippen molar-refractivity contribution in [1.82, 2.24) is 79.2 Å². The Kier molecular flexibility index (Phi) is 21.5. The smallest absolute Gasteiger partial charge is 0.187 e. The van der Waals surface area contributed by atoms with E-state index in [1.54, 1.807) is 31.7 Å². The number of nitrogen functional groups attached to an aromatic ring is 1. The molecule has 4 aromatic carbocycles. The molecule has 12 aromatic rings. The largest absolute Gasteiger partial charge is 0.506 e. The maximum absolute atomic E-state index is 9.65. The van der Waals surface area contributed by atoms with Crippen LogP contribution in [-0.4, -0.2) is 118 Å². The number of halogens is 3. The van der Waals surface area contributed by atoms with E-state index < -0.39 is 0 Å². The van der Waals surface area contributed by atoms with E-state index in [1.807, 2.05) is 136 Å². The Morgan fingerprint density at radius 1 is 0.485 bits per heavy atom. The van der Waals surface area contributed by atoms with E-state index in [0.717, 1.165) is 85.9 Å². The Balaban J connectivity index is 0.000000151. The highest BCUT2D eigenvalue weighted by Gasteiger charge is 2.24. The first-order chi connectivity index (χ1) is 45.8. The number of benzene rings is 4. The molecule has 1 aliphatic carbocycles. The predicted molar refractivity (Wildman–Crippen MR) is 381 cm³/mol. The fourth-order valence-corrected chi connectivity index (χ4v) is 11.6. The zero-order valence-corrected chi connectivity index (χ0v) is 56.7. The predicted octanol–water partition coefficient (Wildman–Crippen LogP) is 16.1. The number of aromatic nitrogens is 16. The fraction of sp³-hybridized carbons (Fsp3) is 0.257. The van der Waals surface area contributed by atoms with Crippen LogP contribution in [-0.2, 0) is 0 Å². The molecule has 8 aromatic heterocycles. The fourth-order valence-electron chi connectivity index (χ4n) is 11.2. The summed E-state index contributed by atoms with van der Waals surface area (Å²) in [5.41, 5.74) is 21.8. The van der Waals surface area contributed by atoms with E-state index >= 15 is 0 Å². The SMILES string of the molecule is C.C=C(O)c1nnc2c(-c3ccc(Cl)c(Cl)c3)c(C)nn2c1N.C=C(O)c1nnc2c(-c3ccc(Cl)c(OCC)c3)c(C)nn2c1C.C=C(O)c1nnc2c(-c3ccc(OC(C)C)cc3)c(C)nn2c1C.C=C(O)c1nnc2c(-c3ccc(OC4CCCC4)cc3)c(C)nn2c1C. The van der Waals surface area contributed by atoms with E-state index in [-0.39, 0.29) is 48.1 Å². The standard InChI is InChI=1S/C20H22N4O2.C18H20N4O2.C17H17ClN4O2.C14H11Cl2N5O.CH4/c1-12-18(20-22-21-19(14(3)25)13(2)24(20)23-12)15-8-10-17(11-9-15)26-16-6-4-5-7-16;1-10(2)24-15-8-6-14(7-9-15)16-11(3)21-22-12(4)17(13(5)23)19-20-18(16)22;1-5-24-14-8-12(6-7-13(14)18)15-9(2)21-22-10(3)16(11(4)23)19-20-17(15)22;1-6-11(8-3-4-9(15)10(16)5-8)14-19-18-12(7(2)22)13(17)21(14)20-6;/h8-11,16,25H,3-7H2,1-2H3;6-10,23H,5H2,1-4H3;6-8,23H,4-5H2,1-3H3;3-5,22H,2,17H2,1H3;1H4. The molecule has 27 heteroatoms. The Hall–Kier alpha value is -10.7. The summed E-state index contributed by atoms with van der Waals surface area (Å²) < 4.78 is 23.7. The maximum Gasteiger partial charge on any atom is 0.187 e. The number of hydrogen-bond donors (Lipinski definition) is 5. The van der Waals surface area contributed by atoms with E-state index in [1.165, 1.54) is 17.4 Å². The van der Waals surface area contributed by atoms with Crippen molar-refractivity contribution in [2.45, 2.75) is 115 Å². The van der Waals surface area contributed by atoms with Crippen LogP contribution in [0.2, 0.25) is 15.1 Å². The van der Waals surface area contributed by atoms with Crippen LogP contribution >= 0.6 is 34.8 Å². The van der Waals surface area contributed by atoms with Gasteiger partial charge in [-0.05, 0) is 166 Å². The first kappa shape index (κ1) is 70.6. The van der Waals surface area contributed by atoms with Gasteiger partial charge in [-0.2, -0.15) is 24.9 Å². The van der Waals surface area contributed by atoms with Gasteiger partial charge in [-0.1, -0.05) is 105 Å². The molecule has 0 amide bonds. The molecule has 0 saturated heterocycles. The van der Waals surface area contributed by atoms with Gasteiger partial charge in [0.1, 0.15) is 57.4 Å². The number of ether oxygens (including phenoxy) is 3. The van der Waals surface area contributed by atoms with Crippen molar-refractivity contribution in [3.63, 3.8) is 0 Å². The average molecular weight is 1370 g/mol. The number of hydrogen-bond acceptors (Lipinski definition) is 20. The Morgan fingerprint density at radius 2 is 0.835 bits per heavy atom. The van der Waals surface area contributed by atoms with E-state index in [4.69, 9.17) is 54.7 Å². The normalized spacial score (nSPS) is 12.0. The number of fused-ring (bicyclic) bond motifs is 4. The lowest BCUT2D eigenvalue weighted by Crippen LogP contribution is -2.10. The number of aliphatic hydroxyl groups is 4. The van der Waals surface area contributed by atoms with Crippen molar-refractivity contribution < 1.29 is 34.6 Å². The minimum atomic E-state index is -0.267. The van der Waals surface area contributed by atoms with Gasteiger partial charge in [0.05, 0.1) is 96.0 Å². The highest BCUT2D eigenvalue weighted by molar-refractivity contribution is 6.42. The molecule has 13 rings (SSSR count). The van der Waals surface area contributed by atoms with Gasteiger partial charge in [0, 0.05) is 0 Å². The number of aliphatic hydroxyl groups excluding tert-OH is 4.